The zero-order chi connectivity index (χ0) is 25.2. The van der Waals surface area contributed by atoms with Crippen molar-refractivity contribution in [3.05, 3.63) is 105 Å². The van der Waals surface area contributed by atoms with Crippen molar-refractivity contribution in [1.29, 1.82) is 5.41 Å². The van der Waals surface area contributed by atoms with Gasteiger partial charge in [0.1, 0.15) is 5.84 Å². The van der Waals surface area contributed by atoms with E-state index in [0.717, 1.165) is 4.57 Å². The van der Waals surface area contributed by atoms with Crippen LogP contribution in [0.3, 0.4) is 0 Å². The SMILES string of the molecule is CCCn1c(=O)n(Cc2ccc(C(=N)N)cc2)c(=O)c2ccc(NS(=O)(=O)c3ccccc3)cc21. The summed E-state index contributed by atoms with van der Waals surface area (Å²) in [7, 11) is -3.83. The Bertz CT molecular complexity index is 1620. The largest absolute Gasteiger partial charge is 0.384 e. The van der Waals surface area contributed by atoms with E-state index in [9.17, 15) is 18.0 Å². The fourth-order valence-electron chi connectivity index (χ4n) is 3.85. The summed E-state index contributed by atoms with van der Waals surface area (Å²) in [5.74, 6) is -0.0663. The van der Waals surface area contributed by atoms with Gasteiger partial charge in [0.2, 0.25) is 0 Å². The molecule has 0 unspecified atom stereocenters. The van der Waals surface area contributed by atoms with Crippen molar-refractivity contribution in [2.24, 2.45) is 5.73 Å². The highest BCUT2D eigenvalue weighted by Crippen LogP contribution is 2.20. The van der Waals surface area contributed by atoms with Crippen molar-refractivity contribution in [2.45, 2.75) is 31.3 Å². The van der Waals surface area contributed by atoms with Crippen LogP contribution in [0, 0.1) is 5.41 Å². The van der Waals surface area contributed by atoms with Crippen LogP contribution in [0.25, 0.3) is 10.9 Å². The van der Waals surface area contributed by atoms with Crippen molar-refractivity contribution in [3.63, 3.8) is 0 Å². The first kappa shape index (κ1) is 24.0. The molecule has 4 aromatic rings. The highest BCUT2D eigenvalue weighted by atomic mass is 32.2. The van der Waals surface area contributed by atoms with Gasteiger partial charge in [-0.1, -0.05) is 49.4 Å². The van der Waals surface area contributed by atoms with Crippen LogP contribution in [-0.4, -0.2) is 23.4 Å². The third-order valence-electron chi connectivity index (χ3n) is 5.58. The first-order chi connectivity index (χ1) is 16.7. The van der Waals surface area contributed by atoms with Gasteiger partial charge in [-0.05, 0) is 42.3 Å². The summed E-state index contributed by atoms with van der Waals surface area (Å²) in [5.41, 5.74) is 6.42. The second-order valence-electron chi connectivity index (χ2n) is 8.09. The van der Waals surface area contributed by atoms with E-state index >= 15 is 0 Å². The molecular weight excluding hydrogens is 466 g/mol. The van der Waals surface area contributed by atoms with E-state index in [1.54, 1.807) is 42.5 Å². The molecule has 0 fully saturated rings. The Kier molecular flexibility index (Phi) is 6.57. The van der Waals surface area contributed by atoms with Crippen LogP contribution < -0.4 is 21.7 Å². The minimum absolute atomic E-state index is 0.0535. The molecule has 0 spiro atoms. The number of nitrogens with zero attached hydrogens (tertiary/aromatic N) is 2. The fourth-order valence-corrected chi connectivity index (χ4v) is 4.92. The smallest absolute Gasteiger partial charge is 0.331 e. The zero-order valence-electron chi connectivity index (χ0n) is 19.1. The standard InChI is InChI=1S/C25H25N5O4S/c1-2-14-29-22-15-19(28-35(33,34)20-6-4-3-5-7-20)12-13-21(22)24(31)30(25(29)32)16-17-8-10-18(11-9-17)23(26)27/h3-13,15,28H,2,14,16H2,1H3,(H3,26,27). The fraction of sp³-hybridized carbons (Fsp3) is 0.160. The van der Waals surface area contributed by atoms with E-state index in [2.05, 4.69) is 4.72 Å². The number of fused-ring (bicyclic) bond motifs is 1. The molecule has 0 bridgehead atoms. The van der Waals surface area contributed by atoms with Gasteiger partial charge >= 0.3 is 5.69 Å². The first-order valence-electron chi connectivity index (χ1n) is 11.0. The first-order valence-corrected chi connectivity index (χ1v) is 12.5. The molecule has 35 heavy (non-hydrogen) atoms. The lowest BCUT2D eigenvalue weighted by molar-refractivity contribution is 0.593. The van der Waals surface area contributed by atoms with Crippen molar-refractivity contribution < 1.29 is 8.42 Å². The van der Waals surface area contributed by atoms with E-state index in [1.807, 2.05) is 6.92 Å². The molecule has 1 aromatic heterocycles. The summed E-state index contributed by atoms with van der Waals surface area (Å²) in [4.78, 5) is 26.7. The second-order valence-corrected chi connectivity index (χ2v) is 9.77. The van der Waals surface area contributed by atoms with Gasteiger partial charge in [-0.3, -0.25) is 24.1 Å². The number of hydrogen-bond acceptors (Lipinski definition) is 5. The highest BCUT2D eigenvalue weighted by Gasteiger charge is 2.17. The van der Waals surface area contributed by atoms with Gasteiger partial charge in [0.05, 0.1) is 28.0 Å². The topological polar surface area (TPSA) is 140 Å². The molecule has 4 rings (SSSR count). The maximum Gasteiger partial charge on any atom is 0.331 e. The number of benzene rings is 3. The van der Waals surface area contributed by atoms with Crippen LogP contribution >= 0.6 is 0 Å². The quantitative estimate of drug-likeness (QED) is 0.257. The molecule has 0 saturated carbocycles. The van der Waals surface area contributed by atoms with Crippen LogP contribution in [-0.2, 0) is 23.1 Å². The average Bonchev–Trinajstić information content (AvgIpc) is 2.85. The molecule has 0 atom stereocenters. The van der Waals surface area contributed by atoms with Gasteiger partial charge in [0.25, 0.3) is 15.6 Å². The minimum Gasteiger partial charge on any atom is -0.384 e. The summed E-state index contributed by atoms with van der Waals surface area (Å²) in [6, 6.07) is 19.3. The molecule has 1 heterocycles. The van der Waals surface area contributed by atoms with Crippen molar-refractivity contribution in [3.8, 4) is 0 Å². The van der Waals surface area contributed by atoms with Crippen molar-refractivity contribution in [1.82, 2.24) is 9.13 Å². The summed E-state index contributed by atoms with van der Waals surface area (Å²) in [5, 5.41) is 7.81. The maximum atomic E-state index is 13.3. The molecule has 0 aliphatic carbocycles. The van der Waals surface area contributed by atoms with Gasteiger partial charge in [-0.25, -0.2) is 13.2 Å². The number of aromatic nitrogens is 2. The lowest BCUT2D eigenvalue weighted by Gasteiger charge is -2.15. The number of nitrogen functional groups attached to an aromatic ring is 1. The molecule has 9 nitrogen and oxygen atoms in total. The number of hydrogen-bond donors (Lipinski definition) is 3. The maximum absolute atomic E-state index is 13.3. The Morgan fingerprint density at radius 3 is 2.29 bits per heavy atom. The summed E-state index contributed by atoms with van der Waals surface area (Å²) >= 11 is 0. The van der Waals surface area contributed by atoms with E-state index in [0.29, 0.717) is 35.0 Å². The molecule has 10 heteroatoms. The third-order valence-corrected chi connectivity index (χ3v) is 6.98. The molecule has 0 radical (unpaired) electrons. The lowest BCUT2D eigenvalue weighted by atomic mass is 10.1. The Hall–Kier alpha value is -4.18. The molecule has 0 aliphatic rings. The number of sulfonamides is 1. The summed E-state index contributed by atoms with van der Waals surface area (Å²) in [6.45, 7) is 2.32. The zero-order valence-corrected chi connectivity index (χ0v) is 19.9. The second kappa shape index (κ2) is 9.59. The van der Waals surface area contributed by atoms with Crippen molar-refractivity contribution >= 4 is 32.4 Å². The molecule has 0 aliphatic heterocycles. The van der Waals surface area contributed by atoms with Gasteiger partial charge < -0.3 is 5.73 Å². The summed E-state index contributed by atoms with van der Waals surface area (Å²) in [6.07, 6.45) is 0.639. The molecule has 4 N–H and O–H groups in total. The van der Waals surface area contributed by atoms with E-state index < -0.39 is 21.3 Å². The van der Waals surface area contributed by atoms with Gasteiger partial charge in [0.15, 0.2) is 0 Å². The van der Waals surface area contributed by atoms with Crippen LogP contribution in [0.1, 0.15) is 24.5 Å². The Morgan fingerprint density at radius 2 is 1.66 bits per heavy atom. The third kappa shape index (κ3) is 4.87. The van der Waals surface area contributed by atoms with Crippen LogP contribution in [0.15, 0.2) is 87.3 Å². The predicted molar refractivity (Wildman–Crippen MR) is 137 cm³/mol. The van der Waals surface area contributed by atoms with E-state index in [4.69, 9.17) is 11.1 Å². The van der Waals surface area contributed by atoms with Gasteiger partial charge in [-0.15, -0.1) is 0 Å². The van der Waals surface area contributed by atoms with Crippen LogP contribution in [0.4, 0.5) is 5.69 Å². The number of amidine groups is 1. The van der Waals surface area contributed by atoms with E-state index in [-0.39, 0.29) is 23.0 Å². The van der Waals surface area contributed by atoms with Crippen LogP contribution in [0.2, 0.25) is 0 Å². The number of nitrogens with two attached hydrogens (primary N) is 1. The highest BCUT2D eigenvalue weighted by molar-refractivity contribution is 7.92. The average molecular weight is 492 g/mol. The normalized spacial score (nSPS) is 11.5. The molecule has 180 valence electrons. The lowest BCUT2D eigenvalue weighted by Crippen LogP contribution is -2.40. The Labute approximate surface area is 202 Å². The van der Waals surface area contributed by atoms with Gasteiger partial charge in [0, 0.05) is 12.1 Å². The van der Waals surface area contributed by atoms with Crippen LogP contribution in [0.5, 0.6) is 0 Å². The van der Waals surface area contributed by atoms with Gasteiger partial charge in [-0.2, -0.15) is 0 Å². The molecular formula is C25H25N5O4S. The predicted octanol–water partition coefficient (Wildman–Crippen LogP) is 2.71. The van der Waals surface area contributed by atoms with E-state index in [1.165, 1.54) is 34.9 Å². The number of rotatable bonds is 8. The minimum atomic E-state index is -3.83. The number of anilines is 1. The summed E-state index contributed by atoms with van der Waals surface area (Å²) < 4.78 is 30.7. The molecule has 3 aromatic carbocycles. The Morgan fingerprint density at radius 1 is 0.971 bits per heavy atom. The monoisotopic (exact) mass is 491 g/mol. The molecule has 0 amide bonds. The molecule has 0 saturated heterocycles. The Balaban J connectivity index is 1.78. The number of nitrogens with one attached hydrogen (secondary N) is 2. The number of aryl methyl sites for hydroxylation is 1. The van der Waals surface area contributed by atoms with Crippen molar-refractivity contribution in [2.75, 3.05) is 4.72 Å².